The molecule has 1 unspecified atom stereocenters. The van der Waals surface area contributed by atoms with Crippen LogP contribution in [0.15, 0.2) is 29.3 Å². The standard InChI is InChI=1S/C13H16N2O2S.Na/c1-2-8-13(9-6-4-3-5-7-9)10(16)14-12(18)15-11(13)17;/h2,6H,1,3-5,7-8H2,(H2,14,15,16,17,18);/q;+1/p-1. The first-order valence-corrected chi connectivity index (χ1v) is 6.44. The van der Waals surface area contributed by atoms with E-state index in [4.69, 9.17) is 12.6 Å². The average Bonchev–Trinajstić information content (AvgIpc) is 2.35. The fraction of sp³-hybridized carbons (Fsp3) is 0.462. The predicted molar refractivity (Wildman–Crippen MR) is 71.7 cm³/mol. The van der Waals surface area contributed by atoms with Crippen LogP contribution in [0.2, 0.25) is 0 Å². The number of hydrogen-bond acceptors (Lipinski definition) is 3. The molecular formula is C13H15N2NaO2S. The van der Waals surface area contributed by atoms with Gasteiger partial charge in [-0.1, -0.05) is 12.2 Å². The molecule has 0 radical (unpaired) electrons. The molecule has 0 bridgehead atoms. The molecule has 0 spiro atoms. The normalized spacial score (nSPS) is 26.7. The topological polar surface area (TPSA) is 58.5 Å². The van der Waals surface area contributed by atoms with E-state index in [1.807, 2.05) is 6.08 Å². The minimum Gasteiger partial charge on any atom is -0.742 e. The summed E-state index contributed by atoms with van der Waals surface area (Å²) in [6.45, 7) is 3.65. The molecule has 2 aliphatic rings. The molecule has 1 heterocycles. The van der Waals surface area contributed by atoms with E-state index in [0.29, 0.717) is 0 Å². The smallest absolute Gasteiger partial charge is 0.742 e. The van der Waals surface area contributed by atoms with Crippen LogP contribution in [-0.2, 0) is 22.2 Å². The van der Waals surface area contributed by atoms with Gasteiger partial charge in [0.1, 0.15) is 0 Å². The molecule has 6 heteroatoms. The Morgan fingerprint density at radius 3 is 2.74 bits per heavy atom. The van der Waals surface area contributed by atoms with E-state index >= 15 is 0 Å². The molecule has 96 valence electrons. The van der Waals surface area contributed by atoms with Crippen LogP contribution in [0.5, 0.6) is 0 Å². The van der Waals surface area contributed by atoms with E-state index in [2.05, 4.69) is 16.9 Å². The maximum absolute atomic E-state index is 12.3. The van der Waals surface area contributed by atoms with Crippen molar-refractivity contribution in [2.24, 2.45) is 10.4 Å². The second-order valence-electron chi connectivity index (χ2n) is 4.55. The molecule has 2 rings (SSSR count). The van der Waals surface area contributed by atoms with Gasteiger partial charge in [0.05, 0.1) is 0 Å². The number of carbonyl (C=O) groups is 2. The fourth-order valence-corrected chi connectivity index (χ4v) is 2.73. The van der Waals surface area contributed by atoms with Gasteiger partial charge in [-0.3, -0.25) is 9.59 Å². The number of carbonyl (C=O) groups excluding carboxylic acids is 2. The second kappa shape index (κ2) is 6.79. The summed E-state index contributed by atoms with van der Waals surface area (Å²) in [5.41, 5.74) is -0.341. The number of hydrogen-bond donors (Lipinski definition) is 1. The molecule has 2 amide bonds. The van der Waals surface area contributed by atoms with Gasteiger partial charge in [0.15, 0.2) is 5.41 Å². The summed E-state index contributed by atoms with van der Waals surface area (Å²) in [6, 6.07) is 0. The molecule has 0 aromatic carbocycles. The zero-order valence-corrected chi connectivity index (χ0v) is 13.9. The Morgan fingerprint density at radius 1 is 1.47 bits per heavy atom. The predicted octanol–water partition coefficient (Wildman–Crippen LogP) is -1.39. The Balaban J connectivity index is 0.00000180. The van der Waals surface area contributed by atoms with Crippen LogP contribution < -0.4 is 34.9 Å². The summed E-state index contributed by atoms with van der Waals surface area (Å²) in [4.78, 5) is 28.2. The molecular weight excluding hydrogens is 271 g/mol. The van der Waals surface area contributed by atoms with E-state index in [1.165, 1.54) is 0 Å². The van der Waals surface area contributed by atoms with Crippen LogP contribution in [0.4, 0.5) is 0 Å². The Labute approximate surface area is 140 Å². The fourth-order valence-electron chi connectivity index (χ4n) is 2.55. The Bertz CT molecular complexity index is 473. The van der Waals surface area contributed by atoms with Crippen molar-refractivity contribution in [1.82, 2.24) is 5.32 Å². The molecule has 1 atom stereocenters. The molecule has 0 saturated heterocycles. The zero-order valence-electron chi connectivity index (χ0n) is 11.1. The number of aliphatic imine (C=N–C) groups is 1. The van der Waals surface area contributed by atoms with Crippen molar-refractivity contribution in [3.05, 3.63) is 24.3 Å². The minimum atomic E-state index is -1.20. The van der Waals surface area contributed by atoms with Crippen LogP contribution in [0, 0.1) is 5.41 Å². The monoisotopic (exact) mass is 286 g/mol. The van der Waals surface area contributed by atoms with Gasteiger partial charge < -0.3 is 17.9 Å². The quantitative estimate of drug-likeness (QED) is 0.301. The summed E-state index contributed by atoms with van der Waals surface area (Å²) in [7, 11) is 0. The maximum atomic E-state index is 12.3. The van der Waals surface area contributed by atoms with Gasteiger partial charge in [-0.25, -0.2) is 4.99 Å². The molecule has 0 aromatic heterocycles. The van der Waals surface area contributed by atoms with Crippen LogP contribution in [-0.4, -0.2) is 17.0 Å². The van der Waals surface area contributed by atoms with Crippen molar-refractivity contribution in [3.8, 4) is 0 Å². The largest absolute Gasteiger partial charge is 1.00 e. The van der Waals surface area contributed by atoms with Crippen molar-refractivity contribution < 1.29 is 39.1 Å². The van der Waals surface area contributed by atoms with E-state index in [0.717, 1.165) is 31.3 Å². The van der Waals surface area contributed by atoms with Gasteiger partial charge in [-0.05, 0) is 42.8 Å². The van der Waals surface area contributed by atoms with E-state index in [9.17, 15) is 9.59 Å². The second-order valence-corrected chi connectivity index (χ2v) is 4.94. The third-order valence-electron chi connectivity index (χ3n) is 3.47. The molecule has 4 nitrogen and oxygen atoms in total. The summed E-state index contributed by atoms with van der Waals surface area (Å²) >= 11 is 4.78. The summed E-state index contributed by atoms with van der Waals surface area (Å²) in [5, 5.41) is 2.46. The summed E-state index contributed by atoms with van der Waals surface area (Å²) in [6.07, 6.45) is 7.62. The zero-order chi connectivity index (χ0) is 13.2. The van der Waals surface area contributed by atoms with Crippen LogP contribution in [0.3, 0.4) is 0 Å². The third kappa shape index (κ3) is 2.99. The first-order valence-electron chi connectivity index (χ1n) is 6.03. The molecule has 1 aliphatic heterocycles. The Morgan fingerprint density at radius 2 is 2.21 bits per heavy atom. The number of nitrogens with zero attached hydrogens (tertiary/aromatic N) is 1. The van der Waals surface area contributed by atoms with Gasteiger partial charge >= 0.3 is 29.6 Å². The Kier molecular flexibility index (Phi) is 5.92. The summed E-state index contributed by atoms with van der Waals surface area (Å²) < 4.78 is 0. The maximum Gasteiger partial charge on any atom is 1.00 e. The van der Waals surface area contributed by atoms with Crippen LogP contribution in [0.25, 0.3) is 0 Å². The van der Waals surface area contributed by atoms with Crippen molar-refractivity contribution >= 4 is 29.6 Å². The van der Waals surface area contributed by atoms with Crippen molar-refractivity contribution in [2.45, 2.75) is 32.1 Å². The first kappa shape index (κ1) is 16.6. The number of rotatable bonds is 3. The summed E-state index contributed by atoms with van der Waals surface area (Å²) in [5.74, 6) is -0.815. The minimum absolute atomic E-state index is 0. The average molecular weight is 286 g/mol. The van der Waals surface area contributed by atoms with E-state index in [-0.39, 0.29) is 47.1 Å². The van der Waals surface area contributed by atoms with Crippen LogP contribution in [0.1, 0.15) is 32.1 Å². The number of nitrogens with one attached hydrogen (secondary N) is 1. The molecule has 0 fully saturated rings. The van der Waals surface area contributed by atoms with Gasteiger partial charge in [0.2, 0.25) is 5.91 Å². The van der Waals surface area contributed by atoms with Crippen molar-refractivity contribution in [3.63, 3.8) is 0 Å². The van der Waals surface area contributed by atoms with Gasteiger partial charge in [0, 0.05) is 0 Å². The number of amides is 2. The molecule has 1 N–H and O–H groups in total. The number of allylic oxidation sites excluding steroid dienone is 2. The van der Waals surface area contributed by atoms with Crippen molar-refractivity contribution in [2.75, 3.05) is 0 Å². The van der Waals surface area contributed by atoms with Gasteiger partial charge in [-0.2, -0.15) is 0 Å². The first-order chi connectivity index (χ1) is 8.61. The van der Waals surface area contributed by atoms with E-state index < -0.39 is 11.3 Å². The molecule has 1 aliphatic carbocycles. The molecule has 0 saturated carbocycles. The van der Waals surface area contributed by atoms with E-state index in [1.54, 1.807) is 6.08 Å². The van der Waals surface area contributed by atoms with Gasteiger partial charge in [0.25, 0.3) is 5.91 Å². The molecule has 19 heavy (non-hydrogen) atoms. The number of amidine groups is 1. The Hall–Kier alpha value is -0.490. The third-order valence-corrected chi connectivity index (χ3v) is 3.66. The molecule has 0 aromatic rings. The SMILES string of the molecule is C=CCC1(C2=CCCCC2)C(=O)N=C([S-])NC1=O.[Na+]. The van der Waals surface area contributed by atoms with Crippen LogP contribution >= 0.6 is 0 Å². The van der Waals surface area contributed by atoms with Crippen molar-refractivity contribution in [1.29, 1.82) is 0 Å². The van der Waals surface area contributed by atoms with Gasteiger partial charge in [-0.15, -0.1) is 6.58 Å².